The highest BCUT2D eigenvalue weighted by Crippen LogP contribution is 2.30. The number of thiophene rings is 1. The normalized spacial score (nSPS) is 15.4. The van der Waals surface area contributed by atoms with Gasteiger partial charge in [-0.25, -0.2) is 0 Å². The summed E-state index contributed by atoms with van der Waals surface area (Å²) in [6.07, 6.45) is 1.58. The third-order valence-electron chi connectivity index (χ3n) is 2.15. The SMILES string of the molecule is Cn1cnnc1C(C)(O)c1cccs1. The summed E-state index contributed by atoms with van der Waals surface area (Å²) in [5, 5.41) is 19.9. The second kappa shape index (κ2) is 3.18. The molecule has 4 nitrogen and oxygen atoms in total. The minimum Gasteiger partial charge on any atom is -0.376 e. The van der Waals surface area contributed by atoms with E-state index in [0.29, 0.717) is 5.82 Å². The highest BCUT2D eigenvalue weighted by Gasteiger charge is 2.31. The van der Waals surface area contributed by atoms with Gasteiger partial charge < -0.3 is 9.67 Å². The highest BCUT2D eigenvalue weighted by atomic mass is 32.1. The van der Waals surface area contributed by atoms with Crippen LogP contribution >= 0.6 is 11.3 Å². The van der Waals surface area contributed by atoms with Crippen LogP contribution in [0.5, 0.6) is 0 Å². The van der Waals surface area contributed by atoms with Crippen molar-refractivity contribution in [1.29, 1.82) is 0 Å². The van der Waals surface area contributed by atoms with E-state index in [9.17, 15) is 5.11 Å². The summed E-state index contributed by atoms with van der Waals surface area (Å²) in [4.78, 5) is 0.869. The first-order valence-corrected chi connectivity index (χ1v) is 5.11. The monoisotopic (exact) mass is 209 g/mol. The van der Waals surface area contributed by atoms with Gasteiger partial charge in [0.1, 0.15) is 6.33 Å². The molecule has 74 valence electrons. The van der Waals surface area contributed by atoms with Crippen LogP contribution in [0.3, 0.4) is 0 Å². The zero-order chi connectivity index (χ0) is 10.2. The molecule has 5 heteroatoms. The molecule has 2 aromatic rings. The molecular weight excluding hydrogens is 198 g/mol. The number of aryl methyl sites for hydroxylation is 1. The standard InChI is InChI=1S/C9H11N3OS/c1-9(13,7-4-3-5-14-7)8-11-10-6-12(8)2/h3-6,13H,1-2H3. The predicted octanol–water partition coefficient (Wildman–Crippen LogP) is 1.13. The molecule has 0 aliphatic heterocycles. The first-order valence-electron chi connectivity index (χ1n) is 4.23. The summed E-state index contributed by atoms with van der Waals surface area (Å²) in [6.45, 7) is 1.73. The smallest absolute Gasteiger partial charge is 0.169 e. The number of hydrogen-bond acceptors (Lipinski definition) is 4. The van der Waals surface area contributed by atoms with E-state index in [4.69, 9.17) is 0 Å². The average molecular weight is 209 g/mol. The van der Waals surface area contributed by atoms with Crippen LogP contribution in [0.2, 0.25) is 0 Å². The maximum absolute atomic E-state index is 10.3. The van der Waals surface area contributed by atoms with Crippen molar-refractivity contribution in [2.45, 2.75) is 12.5 Å². The lowest BCUT2D eigenvalue weighted by atomic mass is 10.0. The Morgan fingerprint density at radius 3 is 2.86 bits per heavy atom. The fraction of sp³-hybridized carbons (Fsp3) is 0.333. The number of rotatable bonds is 2. The predicted molar refractivity (Wildman–Crippen MR) is 54.0 cm³/mol. The van der Waals surface area contributed by atoms with Gasteiger partial charge in [-0.3, -0.25) is 0 Å². The molecule has 0 aromatic carbocycles. The second-order valence-corrected chi connectivity index (χ2v) is 4.26. The molecule has 0 saturated carbocycles. The quantitative estimate of drug-likeness (QED) is 0.806. The minimum absolute atomic E-state index is 0.556. The van der Waals surface area contributed by atoms with Gasteiger partial charge in [-0.05, 0) is 18.4 Å². The summed E-state index contributed by atoms with van der Waals surface area (Å²) in [7, 11) is 1.82. The van der Waals surface area contributed by atoms with E-state index in [1.54, 1.807) is 17.8 Å². The van der Waals surface area contributed by atoms with E-state index in [-0.39, 0.29) is 0 Å². The van der Waals surface area contributed by atoms with Crippen LogP contribution < -0.4 is 0 Å². The Labute approximate surface area is 85.8 Å². The Bertz CT molecular complexity index is 419. The van der Waals surface area contributed by atoms with Crippen LogP contribution in [0.25, 0.3) is 0 Å². The van der Waals surface area contributed by atoms with Crippen molar-refractivity contribution < 1.29 is 5.11 Å². The van der Waals surface area contributed by atoms with Crippen molar-refractivity contribution in [3.05, 3.63) is 34.5 Å². The van der Waals surface area contributed by atoms with Crippen molar-refractivity contribution in [3.8, 4) is 0 Å². The van der Waals surface area contributed by atoms with Crippen LogP contribution in [0, 0.1) is 0 Å². The summed E-state index contributed by atoms with van der Waals surface area (Å²) in [5.41, 5.74) is -1.06. The van der Waals surface area contributed by atoms with Crippen molar-refractivity contribution in [3.63, 3.8) is 0 Å². The molecule has 2 aromatic heterocycles. The van der Waals surface area contributed by atoms with E-state index >= 15 is 0 Å². The molecule has 0 spiro atoms. The molecule has 14 heavy (non-hydrogen) atoms. The maximum Gasteiger partial charge on any atom is 0.169 e. The van der Waals surface area contributed by atoms with Gasteiger partial charge in [-0.1, -0.05) is 6.07 Å². The molecule has 1 N–H and O–H groups in total. The lowest BCUT2D eigenvalue weighted by Gasteiger charge is -2.20. The van der Waals surface area contributed by atoms with Crippen molar-refractivity contribution in [1.82, 2.24) is 14.8 Å². The van der Waals surface area contributed by atoms with Gasteiger partial charge in [0, 0.05) is 11.9 Å². The van der Waals surface area contributed by atoms with Gasteiger partial charge in [-0.2, -0.15) is 0 Å². The van der Waals surface area contributed by atoms with Gasteiger partial charge in [0.2, 0.25) is 0 Å². The molecule has 2 heterocycles. The van der Waals surface area contributed by atoms with Crippen LogP contribution in [0.4, 0.5) is 0 Å². The fourth-order valence-corrected chi connectivity index (χ4v) is 2.17. The Hall–Kier alpha value is -1.20. The summed E-state index contributed by atoms with van der Waals surface area (Å²) >= 11 is 1.51. The zero-order valence-corrected chi connectivity index (χ0v) is 8.82. The fourth-order valence-electron chi connectivity index (χ4n) is 1.39. The van der Waals surface area contributed by atoms with Gasteiger partial charge in [0.05, 0.1) is 0 Å². The molecule has 1 atom stereocenters. The van der Waals surface area contributed by atoms with E-state index in [0.717, 1.165) is 4.88 Å². The van der Waals surface area contributed by atoms with Crippen LogP contribution in [0.1, 0.15) is 17.6 Å². The van der Waals surface area contributed by atoms with E-state index in [1.165, 1.54) is 11.3 Å². The van der Waals surface area contributed by atoms with Gasteiger partial charge >= 0.3 is 0 Å². The van der Waals surface area contributed by atoms with E-state index in [1.807, 2.05) is 24.6 Å². The molecule has 2 rings (SSSR count). The van der Waals surface area contributed by atoms with Crippen molar-refractivity contribution >= 4 is 11.3 Å². The molecular formula is C9H11N3OS. The van der Waals surface area contributed by atoms with E-state index < -0.39 is 5.60 Å². The lowest BCUT2D eigenvalue weighted by Crippen LogP contribution is -2.25. The number of nitrogens with zero attached hydrogens (tertiary/aromatic N) is 3. The molecule has 0 aliphatic rings. The molecule has 1 unspecified atom stereocenters. The Kier molecular flexibility index (Phi) is 2.13. The first-order chi connectivity index (χ1) is 6.62. The summed E-state index contributed by atoms with van der Waals surface area (Å²) < 4.78 is 1.72. The van der Waals surface area contributed by atoms with Gasteiger partial charge in [0.25, 0.3) is 0 Å². The molecule has 0 radical (unpaired) electrons. The van der Waals surface area contributed by atoms with Gasteiger partial charge in [-0.15, -0.1) is 21.5 Å². The topological polar surface area (TPSA) is 50.9 Å². The Balaban J connectivity index is 2.48. The summed E-state index contributed by atoms with van der Waals surface area (Å²) in [5.74, 6) is 0.556. The second-order valence-electron chi connectivity index (χ2n) is 3.31. The average Bonchev–Trinajstić information content (AvgIpc) is 2.72. The third kappa shape index (κ3) is 1.34. The highest BCUT2D eigenvalue weighted by molar-refractivity contribution is 7.10. The number of hydrogen-bond donors (Lipinski definition) is 1. The van der Waals surface area contributed by atoms with Crippen molar-refractivity contribution in [2.75, 3.05) is 0 Å². The van der Waals surface area contributed by atoms with Crippen LogP contribution in [-0.4, -0.2) is 19.9 Å². The maximum atomic E-state index is 10.3. The largest absolute Gasteiger partial charge is 0.376 e. The molecule has 0 saturated heterocycles. The van der Waals surface area contributed by atoms with Crippen LogP contribution in [0.15, 0.2) is 23.8 Å². The zero-order valence-electron chi connectivity index (χ0n) is 8.01. The van der Waals surface area contributed by atoms with E-state index in [2.05, 4.69) is 10.2 Å². The number of aromatic nitrogens is 3. The Morgan fingerprint density at radius 1 is 1.57 bits per heavy atom. The molecule has 0 aliphatic carbocycles. The number of aliphatic hydroxyl groups is 1. The molecule has 0 amide bonds. The van der Waals surface area contributed by atoms with Crippen molar-refractivity contribution in [2.24, 2.45) is 7.05 Å². The van der Waals surface area contributed by atoms with Gasteiger partial charge in [0.15, 0.2) is 11.4 Å². The molecule has 0 fully saturated rings. The van der Waals surface area contributed by atoms with Crippen LogP contribution in [-0.2, 0) is 12.6 Å². The Morgan fingerprint density at radius 2 is 2.36 bits per heavy atom. The lowest BCUT2D eigenvalue weighted by molar-refractivity contribution is 0.0926. The minimum atomic E-state index is -1.06. The first kappa shape index (κ1) is 9.36. The third-order valence-corrected chi connectivity index (χ3v) is 3.23. The molecule has 0 bridgehead atoms. The summed E-state index contributed by atoms with van der Waals surface area (Å²) in [6, 6.07) is 3.80.